The van der Waals surface area contributed by atoms with Crippen LogP contribution in [0, 0.1) is 5.92 Å². The Kier molecular flexibility index (Phi) is 4.95. The predicted molar refractivity (Wildman–Crippen MR) is 115 cm³/mol. The highest BCUT2D eigenvalue weighted by atomic mass is 16.7. The van der Waals surface area contributed by atoms with Gasteiger partial charge in [0.1, 0.15) is 5.92 Å². The number of para-hydroxylation sites is 1. The number of carboxylic acid groups (broad SMARTS) is 1. The number of carboxylic acids is 1. The van der Waals surface area contributed by atoms with Crippen molar-refractivity contribution < 1.29 is 24.3 Å². The number of rotatable bonds is 5. The Labute approximate surface area is 184 Å². The number of hydrogen-bond donors (Lipinski definition) is 1. The lowest BCUT2D eigenvalue weighted by molar-refractivity contribution is -0.143. The van der Waals surface area contributed by atoms with Crippen LogP contribution in [0.15, 0.2) is 84.9 Å². The Morgan fingerprint density at radius 3 is 2.09 bits per heavy atom. The Balaban J connectivity index is 1.52. The first-order valence-corrected chi connectivity index (χ1v) is 10.3. The quantitative estimate of drug-likeness (QED) is 0.627. The van der Waals surface area contributed by atoms with Crippen molar-refractivity contribution in [1.29, 1.82) is 0 Å². The van der Waals surface area contributed by atoms with Gasteiger partial charge in [-0.05, 0) is 35.4 Å². The summed E-state index contributed by atoms with van der Waals surface area (Å²) in [4.78, 5) is 45.2. The van der Waals surface area contributed by atoms with E-state index in [2.05, 4.69) is 0 Å². The van der Waals surface area contributed by atoms with Crippen LogP contribution >= 0.6 is 0 Å². The molecule has 2 aliphatic rings. The molecule has 3 aromatic carbocycles. The van der Waals surface area contributed by atoms with Gasteiger partial charge >= 0.3 is 5.97 Å². The van der Waals surface area contributed by atoms with Crippen LogP contribution in [-0.2, 0) is 21.0 Å². The summed E-state index contributed by atoms with van der Waals surface area (Å²) in [5, 5.41) is 10.8. The minimum atomic E-state index is -1.03. The highest BCUT2D eigenvalue weighted by molar-refractivity contribution is 6.07. The summed E-state index contributed by atoms with van der Waals surface area (Å²) in [7, 11) is 0. The van der Waals surface area contributed by atoms with Gasteiger partial charge in [0, 0.05) is 0 Å². The lowest BCUT2D eigenvalue weighted by atomic mass is 9.90. The fourth-order valence-electron chi connectivity index (χ4n) is 4.35. The first kappa shape index (κ1) is 20.0. The summed E-state index contributed by atoms with van der Waals surface area (Å²) in [6.45, 7) is 0.185. The van der Waals surface area contributed by atoms with Crippen molar-refractivity contribution in [2.75, 3.05) is 5.06 Å². The lowest BCUT2D eigenvalue weighted by Gasteiger charge is -2.28. The van der Waals surface area contributed by atoms with Crippen molar-refractivity contribution in [2.24, 2.45) is 5.92 Å². The van der Waals surface area contributed by atoms with E-state index in [1.807, 2.05) is 60.7 Å². The molecule has 7 nitrogen and oxygen atoms in total. The van der Waals surface area contributed by atoms with Gasteiger partial charge in [0.2, 0.25) is 5.91 Å². The Hall–Kier alpha value is -3.97. The molecule has 0 radical (unpaired) electrons. The average Bonchev–Trinajstić information content (AvgIpc) is 3.32. The number of aromatic carboxylic acids is 1. The fraction of sp³-hybridized carbons (Fsp3) is 0.160. The van der Waals surface area contributed by atoms with Crippen LogP contribution in [0.4, 0.5) is 5.69 Å². The SMILES string of the molecule is O=C(O)c1ccc([C@@H]2[C@@H]3C(=O)N(Cc4ccccc4)C(=O)[C@H]3ON2c2ccccc2)cc1. The number of benzene rings is 3. The largest absolute Gasteiger partial charge is 0.478 e. The summed E-state index contributed by atoms with van der Waals surface area (Å²) >= 11 is 0. The molecule has 7 heteroatoms. The van der Waals surface area contributed by atoms with Crippen LogP contribution < -0.4 is 5.06 Å². The van der Waals surface area contributed by atoms with Gasteiger partial charge in [0.25, 0.3) is 5.91 Å². The van der Waals surface area contributed by atoms with Crippen molar-refractivity contribution in [3.05, 3.63) is 102 Å². The normalized spacial score (nSPS) is 22.3. The number of anilines is 1. The molecule has 3 aromatic rings. The van der Waals surface area contributed by atoms with Gasteiger partial charge < -0.3 is 5.11 Å². The number of imide groups is 1. The maximum absolute atomic E-state index is 13.4. The molecule has 0 aliphatic carbocycles. The predicted octanol–water partition coefficient (Wildman–Crippen LogP) is 3.43. The third-order valence-corrected chi connectivity index (χ3v) is 5.90. The van der Waals surface area contributed by atoms with Gasteiger partial charge in [-0.3, -0.25) is 19.3 Å². The standard InChI is InChI=1S/C25H20N2O5/c28-23-20-21(17-11-13-18(14-12-17)25(30)31)27(19-9-5-2-6-10-19)32-22(20)24(29)26(23)15-16-7-3-1-4-8-16/h1-14,20-22H,15H2,(H,30,31)/t20-,21+,22-/m0/s1. The number of amides is 2. The van der Waals surface area contributed by atoms with Gasteiger partial charge in [0.05, 0.1) is 23.8 Å². The molecule has 32 heavy (non-hydrogen) atoms. The molecule has 2 fully saturated rings. The highest BCUT2D eigenvalue weighted by Gasteiger charge is 2.59. The van der Waals surface area contributed by atoms with Gasteiger partial charge in [-0.15, -0.1) is 0 Å². The number of carbonyl (C=O) groups is 3. The second kappa shape index (κ2) is 7.94. The number of likely N-dealkylation sites (tertiary alicyclic amines) is 1. The summed E-state index contributed by atoms with van der Waals surface area (Å²) in [6.07, 6.45) is -0.935. The van der Waals surface area contributed by atoms with Crippen molar-refractivity contribution in [3.63, 3.8) is 0 Å². The molecular formula is C25H20N2O5. The van der Waals surface area contributed by atoms with E-state index in [-0.39, 0.29) is 23.9 Å². The molecule has 2 amide bonds. The molecular weight excluding hydrogens is 408 g/mol. The van der Waals surface area contributed by atoms with Crippen LogP contribution in [-0.4, -0.2) is 33.9 Å². The number of hydroxylamine groups is 1. The number of fused-ring (bicyclic) bond motifs is 1. The number of nitrogens with zero attached hydrogens (tertiary/aromatic N) is 2. The summed E-state index contributed by atoms with van der Waals surface area (Å²) in [5.41, 5.74) is 2.42. The molecule has 0 spiro atoms. The van der Waals surface area contributed by atoms with E-state index in [0.717, 1.165) is 5.56 Å². The molecule has 0 aromatic heterocycles. The van der Waals surface area contributed by atoms with E-state index >= 15 is 0 Å². The zero-order chi connectivity index (χ0) is 22.2. The van der Waals surface area contributed by atoms with Crippen molar-refractivity contribution >= 4 is 23.5 Å². The first-order chi connectivity index (χ1) is 15.5. The monoisotopic (exact) mass is 428 g/mol. The summed E-state index contributed by atoms with van der Waals surface area (Å²) < 4.78 is 0. The van der Waals surface area contributed by atoms with Gasteiger partial charge in [-0.1, -0.05) is 60.7 Å². The third-order valence-electron chi connectivity index (χ3n) is 5.90. The molecule has 2 saturated heterocycles. The van der Waals surface area contributed by atoms with Crippen LogP contribution in [0.25, 0.3) is 0 Å². The summed E-state index contributed by atoms with van der Waals surface area (Å²) in [6, 6.07) is 24.4. The van der Waals surface area contributed by atoms with Gasteiger partial charge in [0.15, 0.2) is 6.10 Å². The Morgan fingerprint density at radius 2 is 1.47 bits per heavy atom. The second-order valence-corrected chi connectivity index (χ2v) is 7.83. The molecule has 0 bridgehead atoms. The molecule has 1 N–H and O–H groups in total. The molecule has 5 rings (SSSR count). The zero-order valence-corrected chi connectivity index (χ0v) is 17.0. The molecule has 3 atom stereocenters. The minimum Gasteiger partial charge on any atom is -0.478 e. The smallest absolute Gasteiger partial charge is 0.335 e. The fourth-order valence-corrected chi connectivity index (χ4v) is 4.35. The first-order valence-electron chi connectivity index (χ1n) is 10.3. The molecule has 2 aliphatic heterocycles. The van der Waals surface area contributed by atoms with Crippen molar-refractivity contribution in [3.8, 4) is 0 Å². The van der Waals surface area contributed by atoms with E-state index in [1.54, 1.807) is 17.2 Å². The minimum absolute atomic E-state index is 0.148. The van der Waals surface area contributed by atoms with E-state index in [4.69, 9.17) is 4.84 Å². The Bertz CT molecular complexity index is 1160. The molecule has 0 saturated carbocycles. The van der Waals surface area contributed by atoms with Crippen LogP contribution in [0.5, 0.6) is 0 Å². The summed E-state index contributed by atoms with van der Waals surface area (Å²) in [5.74, 6) is -2.43. The van der Waals surface area contributed by atoms with E-state index in [0.29, 0.717) is 11.3 Å². The zero-order valence-electron chi connectivity index (χ0n) is 17.0. The topological polar surface area (TPSA) is 87.2 Å². The van der Waals surface area contributed by atoms with Gasteiger partial charge in [-0.2, -0.15) is 0 Å². The molecule has 160 valence electrons. The lowest BCUT2D eigenvalue weighted by Crippen LogP contribution is -2.36. The van der Waals surface area contributed by atoms with Crippen LogP contribution in [0.3, 0.4) is 0 Å². The maximum atomic E-state index is 13.4. The Morgan fingerprint density at radius 1 is 0.844 bits per heavy atom. The average molecular weight is 428 g/mol. The van der Waals surface area contributed by atoms with E-state index < -0.39 is 24.0 Å². The molecule has 2 heterocycles. The van der Waals surface area contributed by atoms with Crippen molar-refractivity contribution in [1.82, 2.24) is 4.90 Å². The number of hydrogen-bond acceptors (Lipinski definition) is 5. The second-order valence-electron chi connectivity index (χ2n) is 7.83. The maximum Gasteiger partial charge on any atom is 0.335 e. The number of carbonyl (C=O) groups excluding carboxylic acids is 2. The third kappa shape index (κ3) is 3.33. The van der Waals surface area contributed by atoms with Crippen molar-refractivity contribution in [2.45, 2.75) is 18.7 Å². The van der Waals surface area contributed by atoms with Crippen LogP contribution in [0.2, 0.25) is 0 Å². The van der Waals surface area contributed by atoms with Gasteiger partial charge in [-0.25, -0.2) is 9.86 Å². The highest BCUT2D eigenvalue weighted by Crippen LogP contribution is 2.46. The van der Waals surface area contributed by atoms with Crippen LogP contribution in [0.1, 0.15) is 27.5 Å². The van der Waals surface area contributed by atoms with E-state index in [9.17, 15) is 19.5 Å². The van der Waals surface area contributed by atoms with E-state index in [1.165, 1.54) is 17.0 Å². The molecule has 0 unspecified atom stereocenters.